The second kappa shape index (κ2) is 5.88. The van der Waals surface area contributed by atoms with E-state index in [0.717, 1.165) is 0 Å². The first-order chi connectivity index (χ1) is 13.1. The Balaban J connectivity index is 1.82. The first-order valence-corrected chi connectivity index (χ1v) is 8.83. The van der Waals surface area contributed by atoms with E-state index in [4.69, 9.17) is 0 Å². The molecule has 3 aromatic heterocycles. The van der Waals surface area contributed by atoms with Gasteiger partial charge in [0.05, 0.1) is 16.4 Å². The van der Waals surface area contributed by atoms with E-state index in [1.165, 1.54) is 36.2 Å². The molecule has 0 unspecified atom stereocenters. The van der Waals surface area contributed by atoms with Crippen molar-refractivity contribution in [2.75, 3.05) is 0 Å². The number of fused-ring (bicyclic) bond motifs is 6. The normalized spacial score (nSPS) is 11.6. The lowest BCUT2D eigenvalue weighted by Gasteiger charge is -2.05. The first-order valence-electron chi connectivity index (χ1n) is 8.02. The Hall–Kier alpha value is -3.26. The monoisotopic (exact) mass is 380 g/mol. The number of aromatic amines is 2. The first kappa shape index (κ1) is 16.0. The molecule has 2 aromatic carbocycles. The van der Waals surface area contributed by atoms with Gasteiger partial charge in [0.1, 0.15) is 5.82 Å². The third-order valence-electron chi connectivity index (χ3n) is 4.33. The number of benzene rings is 2. The summed E-state index contributed by atoms with van der Waals surface area (Å²) >= 11 is 1.29. The topological polar surface area (TPSA) is 74.4 Å². The SMILES string of the molecule is O=c1[nH]ccc2c3nc(Sc4ccc(F)nc4)[nH]c3c3ccc(F)cc3c12. The molecular weight excluding hydrogens is 370 g/mol. The molecule has 0 radical (unpaired) electrons. The molecule has 0 aliphatic carbocycles. The lowest BCUT2D eigenvalue weighted by molar-refractivity contribution is 0.581. The van der Waals surface area contributed by atoms with Gasteiger partial charge in [-0.3, -0.25) is 4.79 Å². The highest BCUT2D eigenvalue weighted by molar-refractivity contribution is 7.99. The van der Waals surface area contributed by atoms with E-state index in [2.05, 4.69) is 19.9 Å². The Morgan fingerprint density at radius 2 is 1.89 bits per heavy atom. The van der Waals surface area contributed by atoms with Crippen LogP contribution < -0.4 is 5.56 Å². The molecule has 3 heterocycles. The molecule has 5 aromatic rings. The number of imidazole rings is 1. The van der Waals surface area contributed by atoms with Crippen LogP contribution in [-0.4, -0.2) is 19.9 Å². The molecule has 0 aliphatic rings. The van der Waals surface area contributed by atoms with Gasteiger partial charge in [0.15, 0.2) is 5.16 Å². The molecule has 2 N–H and O–H groups in total. The average molecular weight is 380 g/mol. The molecule has 0 atom stereocenters. The average Bonchev–Trinajstić information content (AvgIpc) is 3.07. The van der Waals surface area contributed by atoms with E-state index in [1.54, 1.807) is 24.4 Å². The Morgan fingerprint density at radius 1 is 1.00 bits per heavy atom. The number of pyridine rings is 2. The Morgan fingerprint density at radius 3 is 2.70 bits per heavy atom. The van der Waals surface area contributed by atoms with Gasteiger partial charge >= 0.3 is 0 Å². The zero-order valence-corrected chi connectivity index (χ0v) is 14.4. The Bertz CT molecular complexity index is 1390. The number of halogens is 2. The quantitative estimate of drug-likeness (QED) is 0.352. The number of hydrogen-bond donors (Lipinski definition) is 2. The van der Waals surface area contributed by atoms with E-state index >= 15 is 0 Å². The van der Waals surface area contributed by atoms with Crippen LogP contribution in [0.4, 0.5) is 8.78 Å². The lowest BCUT2D eigenvalue weighted by atomic mass is 10.0. The maximum absolute atomic E-state index is 13.8. The summed E-state index contributed by atoms with van der Waals surface area (Å²) in [5.41, 5.74) is 1.03. The molecule has 0 fully saturated rings. The van der Waals surface area contributed by atoms with Gasteiger partial charge in [0, 0.05) is 33.4 Å². The number of rotatable bonds is 2. The van der Waals surface area contributed by atoms with Gasteiger partial charge in [-0.1, -0.05) is 11.8 Å². The maximum Gasteiger partial charge on any atom is 0.256 e. The fraction of sp³-hybridized carbons (Fsp3) is 0. The molecular formula is C19H10F2N4OS. The van der Waals surface area contributed by atoms with E-state index < -0.39 is 11.8 Å². The van der Waals surface area contributed by atoms with Crippen molar-refractivity contribution >= 4 is 44.3 Å². The van der Waals surface area contributed by atoms with Crippen molar-refractivity contribution in [3.05, 3.63) is 70.9 Å². The van der Waals surface area contributed by atoms with Crippen LogP contribution in [-0.2, 0) is 0 Å². The largest absolute Gasteiger partial charge is 0.332 e. The Labute approximate surface area is 154 Å². The van der Waals surface area contributed by atoms with Crippen LogP contribution in [0.25, 0.3) is 32.6 Å². The van der Waals surface area contributed by atoms with Gasteiger partial charge in [0.25, 0.3) is 5.56 Å². The minimum Gasteiger partial charge on any atom is -0.332 e. The van der Waals surface area contributed by atoms with Gasteiger partial charge in [-0.05, 0) is 36.4 Å². The summed E-state index contributed by atoms with van der Waals surface area (Å²) in [6, 6.07) is 8.96. The fourth-order valence-electron chi connectivity index (χ4n) is 3.21. The molecule has 27 heavy (non-hydrogen) atoms. The molecule has 0 bridgehead atoms. The summed E-state index contributed by atoms with van der Waals surface area (Å²) in [6.07, 6.45) is 2.96. The summed E-state index contributed by atoms with van der Waals surface area (Å²) in [5, 5.41) is 2.81. The molecule has 8 heteroatoms. The van der Waals surface area contributed by atoms with Crippen molar-refractivity contribution in [2.45, 2.75) is 10.1 Å². The highest BCUT2D eigenvalue weighted by Crippen LogP contribution is 2.35. The van der Waals surface area contributed by atoms with Gasteiger partial charge in [-0.2, -0.15) is 4.39 Å². The molecule has 0 saturated heterocycles. The van der Waals surface area contributed by atoms with E-state index in [1.807, 2.05) is 0 Å². The molecule has 132 valence electrons. The van der Waals surface area contributed by atoms with Crippen LogP contribution >= 0.6 is 11.8 Å². The van der Waals surface area contributed by atoms with Crippen LogP contribution in [0.1, 0.15) is 0 Å². The van der Waals surface area contributed by atoms with Crippen LogP contribution in [0.5, 0.6) is 0 Å². The smallest absolute Gasteiger partial charge is 0.256 e. The zero-order chi connectivity index (χ0) is 18.5. The van der Waals surface area contributed by atoms with Crippen molar-refractivity contribution in [3.8, 4) is 0 Å². The molecule has 0 spiro atoms. The van der Waals surface area contributed by atoms with Crippen LogP contribution in [0.15, 0.2) is 63.6 Å². The fourth-order valence-corrected chi connectivity index (χ4v) is 3.96. The predicted molar refractivity (Wildman–Crippen MR) is 100 cm³/mol. The number of H-pyrrole nitrogens is 2. The highest BCUT2D eigenvalue weighted by Gasteiger charge is 2.16. The Kier molecular flexibility index (Phi) is 3.48. The zero-order valence-electron chi connectivity index (χ0n) is 13.6. The summed E-state index contributed by atoms with van der Waals surface area (Å²) in [4.78, 5) is 27.2. The molecule has 0 saturated carbocycles. The maximum atomic E-state index is 13.8. The van der Waals surface area contributed by atoms with Gasteiger partial charge in [-0.25, -0.2) is 14.4 Å². The second-order valence-corrected chi connectivity index (χ2v) is 7.03. The van der Waals surface area contributed by atoms with Crippen molar-refractivity contribution in [1.29, 1.82) is 0 Å². The molecule has 0 amide bonds. The number of hydrogen-bond acceptors (Lipinski definition) is 4. The predicted octanol–water partition coefficient (Wildman–Crippen LogP) is 4.38. The van der Waals surface area contributed by atoms with Crippen molar-refractivity contribution < 1.29 is 8.78 Å². The van der Waals surface area contributed by atoms with Gasteiger partial charge in [0.2, 0.25) is 5.95 Å². The lowest BCUT2D eigenvalue weighted by Crippen LogP contribution is -2.05. The standard InChI is InChI=1S/C19H10F2N4OS/c20-9-1-3-11-13(7-9)15-12(5-6-22-18(15)26)17-16(11)24-19(25-17)27-10-2-4-14(21)23-8-10/h1-8H,(H,22,26)(H,24,25). The minimum atomic E-state index is -0.554. The summed E-state index contributed by atoms with van der Waals surface area (Å²) in [7, 11) is 0. The van der Waals surface area contributed by atoms with Crippen LogP contribution in [0.3, 0.4) is 0 Å². The van der Waals surface area contributed by atoms with E-state index in [9.17, 15) is 13.6 Å². The van der Waals surface area contributed by atoms with Gasteiger partial charge < -0.3 is 9.97 Å². The summed E-state index contributed by atoms with van der Waals surface area (Å²) < 4.78 is 26.8. The second-order valence-electron chi connectivity index (χ2n) is 5.97. The third kappa shape index (κ3) is 2.57. The van der Waals surface area contributed by atoms with E-state index in [0.29, 0.717) is 42.6 Å². The number of aromatic nitrogens is 4. The number of nitrogens with zero attached hydrogens (tertiary/aromatic N) is 2. The van der Waals surface area contributed by atoms with Gasteiger partial charge in [-0.15, -0.1) is 0 Å². The van der Waals surface area contributed by atoms with Crippen molar-refractivity contribution in [2.24, 2.45) is 0 Å². The molecule has 0 aliphatic heterocycles. The van der Waals surface area contributed by atoms with E-state index in [-0.39, 0.29) is 5.56 Å². The minimum absolute atomic E-state index is 0.301. The molecule has 5 nitrogen and oxygen atoms in total. The molecule has 5 rings (SSSR count). The third-order valence-corrected chi connectivity index (χ3v) is 5.20. The highest BCUT2D eigenvalue weighted by atomic mass is 32.2. The van der Waals surface area contributed by atoms with Crippen LogP contribution in [0.2, 0.25) is 0 Å². The van der Waals surface area contributed by atoms with Crippen molar-refractivity contribution in [1.82, 2.24) is 19.9 Å². The number of nitrogens with one attached hydrogen (secondary N) is 2. The van der Waals surface area contributed by atoms with Crippen molar-refractivity contribution in [3.63, 3.8) is 0 Å². The summed E-state index contributed by atoms with van der Waals surface area (Å²) in [6.45, 7) is 0. The summed E-state index contributed by atoms with van der Waals surface area (Å²) in [5.74, 6) is -0.972. The van der Waals surface area contributed by atoms with Crippen LogP contribution in [0, 0.1) is 11.8 Å².